The van der Waals surface area contributed by atoms with Crippen molar-refractivity contribution < 1.29 is 37.6 Å². The molecule has 8 rings (SSSR count). The minimum atomic E-state index is -1.09. The van der Waals surface area contributed by atoms with Crippen LogP contribution in [0.1, 0.15) is 132 Å². The lowest BCUT2D eigenvalue weighted by Gasteiger charge is -2.27. The second-order valence-corrected chi connectivity index (χ2v) is 19.1. The van der Waals surface area contributed by atoms with E-state index in [1.54, 1.807) is 37.7 Å². The second kappa shape index (κ2) is 26.8. The largest absolute Gasteiger partial charge is 0.446 e. The molecule has 2 fully saturated rings. The van der Waals surface area contributed by atoms with Crippen LogP contribution in [0, 0.1) is 23.7 Å². The monoisotopic (exact) mass is 1050 g/mol. The number of hydrogen-bond donors (Lipinski definition) is 6. The summed E-state index contributed by atoms with van der Waals surface area (Å²) in [7, 11) is 3.27. The van der Waals surface area contributed by atoms with E-state index in [0.717, 1.165) is 22.3 Å². The van der Waals surface area contributed by atoms with Crippen LogP contribution < -0.4 is 31.9 Å². The molecule has 18 nitrogen and oxygen atoms in total. The third kappa shape index (κ3) is 13.8. The molecule has 6 amide bonds. The van der Waals surface area contributed by atoms with Crippen molar-refractivity contribution in [1.82, 2.24) is 51.7 Å². The maximum atomic E-state index is 14.4. The average molecular weight is 1050 g/mol. The first-order valence-electron chi connectivity index (χ1n) is 26.2. The van der Waals surface area contributed by atoms with Crippen LogP contribution in [0.15, 0.2) is 143 Å². The van der Waals surface area contributed by atoms with Crippen LogP contribution in [-0.2, 0) is 19.2 Å². The Labute approximate surface area is 453 Å². The third-order valence-corrected chi connectivity index (χ3v) is 14.0. The Bertz CT molecular complexity index is 2860. The van der Waals surface area contributed by atoms with Gasteiger partial charge < -0.3 is 50.5 Å². The molecule has 2 aromatic heterocycles. The van der Waals surface area contributed by atoms with E-state index in [-0.39, 0.29) is 36.0 Å². The normalized spacial score (nSPS) is 16.4. The number of oxazole rings is 2. The lowest BCUT2D eigenvalue weighted by Crippen LogP contribution is -2.52. The molecule has 18 heteroatoms. The van der Waals surface area contributed by atoms with Crippen LogP contribution in [0.25, 0.3) is 0 Å². The minimum Gasteiger partial charge on any atom is -0.446 e. The van der Waals surface area contributed by atoms with Crippen molar-refractivity contribution in [2.75, 3.05) is 27.2 Å². The number of amides is 6. The molecule has 4 aromatic carbocycles. The van der Waals surface area contributed by atoms with Crippen molar-refractivity contribution in [2.45, 2.75) is 101 Å². The SMILES string of the molecule is CN[C@@H](C)C(=O)N[C@@H](CC#CC#CC[C@H](NC(=O)[C@H](C)NC)C(=O)N1CCC[C@H]1c1nc(C(=O)NC(c2ccccc2)c2ccccc2)co1)C(=O)N1CCC[C@H]1c1nc(C(=O)NC(c2ccccc2)c2ccccc2)co1. The molecule has 0 unspecified atom stereocenters. The topological polar surface area (TPSA) is 233 Å². The molecule has 2 aliphatic rings. The molecule has 0 bridgehead atoms. The van der Waals surface area contributed by atoms with E-state index in [1.165, 1.54) is 12.5 Å². The number of likely N-dealkylation sites (tertiary alicyclic amines) is 2. The van der Waals surface area contributed by atoms with Gasteiger partial charge in [-0.05, 0) is 87.7 Å². The predicted molar refractivity (Wildman–Crippen MR) is 290 cm³/mol. The van der Waals surface area contributed by atoms with Crippen molar-refractivity contribution >= 4 is 35.4 Å². The van der Waals surface area contributed by atoms with E-state index >= 15 is 0 Å². The molecule has 4 heterocycles. The quantitative estimate of drug-likeness (QED) is 0.0506. The first-order valence-corrected chi connectivity index (χ1v) is 26.2. The molecular formula is C60H64N10O8. The Morgan fingerprint density at radius 1 is 0.526 bits per heavy atom. The van der Waals surface area contributed by atoms with Crippen LogP contribution in [-0.4, -0.2) is 107 Å². The van der Waals surface area contributed by atoms with Gasteiger partial charge in [-0.2, -0.15) is 0 Å². The van der Waals surface area contributed by atoms with Crippen LogP contribution in [0.4, 0.5) is 0 Å². The molecule has 6 aromatic rings. The van der Waals surface area contributed by atoms with Gasteiger partial charge in [0.25, 0.3) is 11.8 Å². The number of nitrogens with zero attached hydrogens (tertiary/aromatic N) is 4. The highest BCUT2D eigenvalue weighted by molar-refractivity contribution is 5.94. The molecule has 0 saturated carbocycles. The van der Waals surface area contributed by atoms with E-state index in [0.29, 0.717) is 38.8 Å². The summed E-state index contributed by atoms with van der Waals surface area (Å²) in [4.78, 5) is 95.0. The Morgan fingerprint density at radius 2 is 0.859 bits per heavy atom. The summed E-state index contributed by atoms with van der Waals surface area (Å²) in [6, 6.07) is 32.8. The second-order valence-electron chi connectivity index (χ2n) is 19.1. The molecule has 2 saturated heterocycles. The minimum absolute atomic E-state index is 0.0560. The van der Waals surface area contributed by atoms with Gasteiger partial charge in [-0.15, -0.1) is 0 Å². The van der Waals surface area contributed by atoms with E-state index in [1.807, 2.05) is 121 Å². The van der Waals surface area contributed by atoms with Gasteiger partial charge in [0.2, 0.25) is 35.4 Å². The Hall–Kier alpha value is -8.84. The molecule has 2 aliphatic heterocycles. The Morgan fingerprint density at radius 3 is 1.18 bits per heavy atom. The number of nitrogens with one attached hydrogen (secondary N) is 6. The lowest BCUT2D eigenvalue weighted by atomic mass is 9.98. The van der Waals surface area contributed by atoms with E-state index in [9.17, 15) is 28.8 Å². The number of benzene rings is 4. The van der Waals surface area contributed by atoms with Gasteiger partial charge >= 0.3 is 0 Å². The van der Waals surface area contributed by atoms with E-state index < -0.39 is 83.8 Å². The number of likely N-dealkylation sites (N-methyl/N-ethyl adjacent to an activating group) is 2. The Kier molecular flexibility index (Phi) is 19.0. The Balaban J connectivity index is 0.938. The summed E-state index contributed by atoms with van der Waals surface area (Å²) in [6.45, 7) is 4.03. The molecule has 0 radical (unpaired) electrons. The van der Waals surface area contributed by atoms with Gasteiger partial charge in [-0.3, -0.25) is 28.8 Å². The van der Waals surface area contributed by atoms with Crippen LogP contribution in [0.5, 0.6) is 0 Å². The third-order valence-electron chi connectivity index (χ3n) is 14.0. The number of aromatic nitrogens is 2. The summed E-state index contributed by atoms with van der Waals surface area (Å²) in [5.74, 6) is 9.21. The fourth-order valence-electron chi connectivity index (χ4n) is 9.43. The average Bonchev–Trinajstić information content (AvgIpc) is 4.36. The highest BCUT2D eigenvalue weighted by Crippen LogP contribution is 2.34. The van der Waals surface area contributed by atoms with Crippen molar-refractivity contribution in [3.8, 4) is 23.7 Å². The highest BCUT2D eigenvalue weighted by Gasteiger charge is 2.39. The maximum Gasteiger partial charge on any atom is 0.273 e. The summed E-state index contributed by atoms with van der Waals surface area (Å²) in [5, 5.41) is 17.6. The lowest BCUT2D eigenvalue weighted by molar-refractivity contribution is -0.138. The molecule has 0 aliphatic carbocycles. The van der Waals surface area contributed by atoms with Gasteiger partial charge in [0.1, 0.15) is 36.7 Å². The van der Waals surface area contributed by atoms with Gasteiger partial charge in [-0.1, -0.05) is 133 Å². The van der Waals surface area contributed by atoms with Gasteiger partial charge in [0.05, 0.1) is 24.2 Å². The van der Waals surface area contributed by atoms with Crippen LogP contribution in [0.3, 0.4) is 0 Å². The predicted octanol–water partition coefficient (Wildman–Crippen LogP) is 5.70. The summed E-state index contributed by atoms with van der Waals surface area (Å²) in [6.07, 6.45) is 4.62. The van der Waals surface area contributed by atoms with Crippen molar-refractivity contribution in [3.63, 3.8) is 0 Å². The molecule has 78 heavy (non-hydrogen) atoms. The molecule has 6 N–H and O–H groups in total. The van der Waals surface area contributed by atoms with Crippen LogP contribution >= 0.6 is 0 Å². The number of carbonyl (C=O) groups is 6. The summed E-state index contributed by atoms with van der Waals surface area (Å²) >= 11 is 0. The van der Waals surface area contributed by atoms with Gasteiger partial charge in [0.15, 0.2) is 11.4 Å². The van der Waals surface area contributed by atoms with Crippen molar-refractivity contribution in [3.05, 3.63) is 179 Å². The van der Waals surface area contributed by atoms with Gasteiger partial charge in [-0.25, -0.2) is 9.97 Å². The van der Waals surface area contributed by atoms with Crippen LogP contribution in [0.2, 0.25) is 0 Å². The maximum absolute atomic E-state index is 14.4. The smallest absolute Gasteiger partial charge is 0.273 e. The fraction of sp³-hybridized carbons (Fsp3) is 0.333. The molecule has 402 valence electrons. The molecule has 6 atom stereocenters. The molecule has 0 spiro atoms. The zero-order valence-corrected chi connectivity index (χ0v) is 44.0. The highest BCUT2D eigenvalue weighted by atomic mass is 16.3. The number of rotatable bonds is 20. The van der Waals surface area contributed by atoms with E-state index in [4.69, 9.17) is 8.83 Å². The van der Waals surface area contributed by atoms with E-state index in [2.05, 4.69) is 65.6 Å². The van der Waals surface area contributed by atoms with Crippen molar-refractivity contribution in [1.29, 1.82) is 0 Å². The molecular weight excluding hydrogens is 989 g/mol. The standard InChI is InChI=1S/C60H64N10O8/c1-39(61-3)53(71)63-45(59(75)69-35-21-33-49(69)57-65-47(37-77-57)55(73)67-51(41-23-11-7-12-24-41)42-25-13-8-14-26-42)31-19-5-6-20-32-46(64-54(72)40(2)62-4)60(76)70-36-22-34-50(70)58-66-48(38-78-58)56(74)68-52(43-27-15-9-16-28-43)44-29-17-10-18-30-44/h7-18,23-30,37-40,45-46,49-52,61-62H,21-22,31-36H2,1-4H3,(H,63,71)(H,64,72)(H,67,73)(H,68,74)/t39-,40-,45-,46-,49-,50-/m0/s1. The zero-order chi connectivity index (χ0) is 55.0. The summed E-state index contributed by atoms with van der Waals surface area (Å²) in [5.41, 5.74) is 3.66. The summed E-state index contributed by atoms with van der Waals surface area (Å²) < 4.78 is 11.8. The number of hydrogen-bond acceptors (Lipinski definition) is 12. The number of carbonyl (C=O) groups excluding carboxylic acids is 6. The fourth-order valence-corrected chi connectivity index (χ4v) is 9.43. The van der Waals surface area contributed by atoms with Crippen molar-refractivity contribution in [2.24, 2.45) is 0 Å². The van der Waals surface area contributed by atoms with Gasteiger partial charge in [0, 0.05) is 25.9 Å². The first-order chi connectivity index (χ1) is 37.9. The first kappa shape index (κ1) is 55.4. The zero-order valence-electron chi connectivity index (χ0n) is 44.0.